The third-order valence-electron chi connectivity index (χ3n) is 2.52. The molecule has 0 aromatic heterocycles. The summed E-state index contributed by atoms with van der Waals surface area (Å²) in [5.74, 6) is 0. The zero-order valence-corrected chi connectivity index (χ0v) is 18.0. The second-order valence-corrected chi connectivity index (χ2v) is 7.87. The summed E-state index contributed by atoms with van der Waals surface area (Å²) < 4.78 is 0. The normalized spacial score (nSPS) is 20.5. The van der Waals surface area contributed by atoms with Crippen LogP contribution >= 0.6 is 23.5 Å². The first-order valence-electron chi connectivity index (χ1n) is 6.73. The van der Waals surface area contributed by atoms with Gasteiger partial charge in [0.25, 0.3) is 0 Å². The van der Waals surface area contributed by atoms with Crippen molar-refractivity contribution in [2.45, 2.75) is 56.3 Å². The van der Waals surface area contributed by atoms with Gasteiger partial charge >= 0.3 is 29.6 Å². The van der Waals surface area contributed by atoms with Gasteiger partial charge in [-0.25, -0.2) is 0 Å². The van der Waals surface area contributed by atoms with Crippen LogP contribution in [0.15, 0.2) is 11.6 Å². The Hall–Kier alpha value is 0.410. The summed E-state index contributed by atoms with van der Waals surface area (Å²) in [7, 11) is 0.750. The Morgan fingerprint density at radius 2 is 2.00 bits per heavy atom. The molecule has 0 radical (unpaired) electrons. The van der Waals surface area contributed by atoms with Crippen molar-refractivity contribution in [3.63, 3.8) is 0 Å². The minimum Gasteiger partial charge on any atom is -0.857 e. The van der Waals surface area contributed by atoms with E-state index in [1.807, 2.05) is 18.7 Å². The fraction of sp³-hybridized carbons (Fsp3) is 0.667. The summed E-state index contributed by atoms with van der Waals surface area (Å²) >= 11 is 3.08. The number of aldehydes is 2. The Labute approximate surface area is 164 Å². The zero-order chi connectivity index (χ0) is 16.8. The van der Waals surface area contributed by atoms with Crippen LogP contribution in [0.1, 0.15) is 40.5 Å². The molecule has 22 heavy (non-hydrogen) atoms. The van der Waals surface area contributed by atoms with Crippen molar-refractivity contribution in [1.82, 2.24) is 0 Å². The molecule has 1 rings (SSSR count). The van der Waals surface area contributed by atoms with Gasteiger partial charge in [-0.05, 0) is 13.3 Å². The minimum atomic E-state index is 0. The van der Waals surface area contributed by atoms with E-state index in [0.29, 0.717) is 16.9 Å². The molecule has 3 atom stereocenters. The van der Waals surface area contributed by atoms with E-state index in [0.717, 1.165) is 31.7 Å². The van der Waals surface area contributed by atoms with Crippen molar-refractivity contribution in [3.05, 3.63) is 11.6 Å². The van der Waals surface area contributed by atoms with E-state index < -0.39 is 0 Å². The van der Waals surface area contributed by atoms with Crippen LogP contribution < -0.4 is 34.7 Å². The molecule has 0 fully saturated rings. The SMILES string of the molecule is CC(=O)SC(C)CC=O.CC1CC=C(C=O)C(C)S1.C[O-].[Na+]. The molecule has 0 N–H and O–H groups in total. The van der Waals surface area contributed by atoms with Crippen LogP contribution in [-0.2, 0) is 14.4 Å². The largest absolute Gasteiger partial charge is 1.00 e. The third-order valence-corrected chi connectivity index (χ3v) is 4.79. The van der Waals surface area contributed by atoms with Crippen LogP contribution in [0, 0.1) is 0 Å². The molecule has 4 nitrogen and oxygen atoms in total. The van der Waals surface area contributed by atoms with Crippen LogP contribution in [-0.4, -0.2) is 40.5 Å². The number of hydrogen-bond acceptors (Lipinski definition) is 6. The Morgan fingerprint density at radius 3 is 2.36 bits per heavy atom. The first kappa shape index (κ1) is 27.3. The second-order valence-electron chi connectivity index (χ2n) is 4.47. The van der Waals surface area contributed by atoms with Gasteiger partial charge in [-0.15, -0.1) is 0 Å². The van der Waals surface area contributed by atoms with E-state index in [9.17, 15) is 14.4 Å². The molecule has 0 saturated carbocycles. The fourth-order valence-corrected chi connectivity index (χ4v) is 3.52. The maximum Gasteiger partial charge on any atom is 1.00 e. The monoisotopic (exact) mass is 356 g/mol. The number of rotatable bonds is 4. The van der Waals surface area contributed by atoms with E-state index in [4.69, 9.17) is 5.11 Å². The van der Waals surface area contributed by atoms with Crippen molar-refractivity contribution in [2.24, 2.45) is 0 Å². The summed E-state index contributed by atoms with van der Waals surface area (Å²) in [6.07, 6.45) is 5.37. The van der Waals surface area contributed by atoms with Crippen LogP contribution in [0.5, 0.6) is 0 Å². The van der Waals surface area contributed by atoms with Crippen LogP contribution in [0.2, 0.25) is 0 Å². The fourth-order valence-electron chi connectivity index (χ4n) is 1.56. The van der Waals surface area contributed by atoms with Crippen LogP contribution in [0.4, 0.5) is 0 Å². The Kier molecular flexibility index (Phi) is 22.0. The zero-order valence-electron chi connectivity index (χ0n) is 14.3. The van der Waals surface area contributed by atoms with Crippen LogP contribution in [0.25, 0.3) is 0 Å². The summed E-state index contributed by atoms with van der Waals surface area (Å²) in [4.78, 5) is 30.6. The maximum absolute atomic E-state index is 10.4. The number of hydrogen-bond donors (Lipinski definition) is 0. The standard InChI is InChI=1S/C8H12OS.C6H10O2S.CH3O.Na/c1-6-3-4-8(5-9)7(2)10-6;1-5(3-4-7)9-6(2)8;1-2;/h4-7H,3H2,1-2H3;4-5H,3H2,1-2H3;1H3;/q;;-1;+1. The van der Waals surface area contributed by atoms with Crippen molar-refractivity contribution in [1.29, 1.82) is 0 Å². The predicted molar refractivity (Wildman–Crippen MR) is 89.6 cm³/mol. The van der Waals surface area contributed by atoms with Crippen LogP contribution in [0.3, 0.4) is 0 Å². The molecule has 1 aliphatic rings. The van der Waals surface area contributed by atoms with Gasteiger partial charge in [0.15, 0.2) is 5.12 Å². The number of thioether (sulfide) groups is 2. The topological polar surface area (TPSA) is 74.3 Å². The Morgan fingerprint density at radius 1 is 1.45 bits per heavy atom. The molecule has 1 heterocycles. The Balaban J connectivity index is -0.000000285. The maximum atomic E-state index is 10.4. The summed E-state index contributed by atoms with van der Waals surface area (Å²) in [6, 6.07) is 0. The molecule has 0 bridgehead atoms. The molecule has 7 heteroatoms. The molecule has 122 valence electrons. The molecule has 0 aromatic rings. The molecular weight excluding hydrogens is 331 g/mol. The van der Waals surface area contributed by atoms with Gasteiger partial charge in [-0.2, -0.15) is 18.9 Å². The molecular formula is C15H25NaO4S2. The molecule has 0 aliphatic carbocycles. The van der Waals surface area contributed by atoms with Crippen molar-refractivity contribution >= 4 is 41.2 Å². The quantitative estimate of drug-likeness (QED) is 0.487. The van der Waals surface area contributed by atoms with Crippen molar-refractivity contribution < 1.29 is 49.0 Å². The second kappa shape index (κ2) is 17.8. The Bertz CT molecular complexity index is 348. The number of carbonyl (C=O) groups excluding carboxylic acids is 3. The third kappa shape index (κ3) is 15.3. The average Bonchev–Trinajstić information content (AvgIpc) is 2.41. The molecule has 1 aliphatic heterocycles. The predicted octanol–water partition coefficient (Wildman–Crippen LogP) is -0.750. The van der Waals surface area contributed by atoms with Crippen molar-refractivity contribution in [3.8, 4) is 0 Å². The summed E-state index contributed by atoms with van der Waals surface area (Å²) in [5, 5.41) is 9.55. The van der Waals surface area contributed by atoms with E-state index >= 15 is 0 Å². The molecule has 0 saturated heterocycles. The van der Waals surface area contributed by atoms with Gasteiger partial charge in [0.1, 0.15) is 12.6 Å². The van der Waals surface area contributed by atoms with Gasteiger partial charge < -0.3 is 9.90 Å². The molecule has 0 spiro atoms. The molecule has 3 unspecified atom stereocenters. The van der Waals surface area contributed by atoms with E-state index in [1.54, 1.807) is 0 Å². The van der Waals surface area contributed by atoms with Gasteiger partial charge in [-0.1, -0.05) is 31.7 Å². The van der Waals surface area contributed by atoms with Crippen molar-refractivity contribution in [2.75, 3.05) is 7.11 Å². The first-order valence-corrected chi connectivity index (χ1v) is 8.55. The van der Waals surface area contributed by atoms with E-state index in [-0.39, 0.29) is 39.9 Å². The summed E-state index contributed by atoms with van der Waals surface area (Å²) in [5.41, 5.74) is 0.961. The number of allylic oxidation sites excluding steroid dienone is 1. The average molecular weight is 356 g/mol. The van der Waals surface area contributed by atoms with Gasteiger partial charge in [0, 0.05) is 34.7 Å². The molecule has 0 aromatic carbocycles. The van der Waals surface area contributed by atoms with E-state index in [1.165, 1.54) is 18.7 Å². The first-order chi connectivity index (χ1) is 9.90. The van der Waals surface area contributed by atoms with E-state index in [2.05, 4.69) is 19.9 Å². The minimum absolute atomic E-state index is 0. The van der Waals surface area contributed by atoms with Gasteiger partial charge in [0.2, 0.25) is 0 Å². The number of carbonyl (C=O) groups is 3. The van der Waals surface area contributed by atoms with Gasteiger partial charge in [-0.3, -0.25) is 9.59 Å². The summed E-state index contributed by atoms with van der Waals surface area (Å²) in [6.45, 7) is 7.65. The smallest absolute Gasteiger partial charge is 0.857 e. The van der Waals surface area contributed by atoms with Gasteiger partial charge in [0.05, 0.1) is 0 Å². The molecule has 0 amide bonds.